The van der Waals surface area contributed by atoms with E-state index in [4.69, 9.17) is 4.74 Å². The molecule has 11 nitrogen and oxygen atoms in total. The molecule has 0 radical (unpaired) electrons. The summed E-state index contributed by atoms with van der Waals surface area (Å²) in [5, 5.41) is 27.1. The van der Waals surface area contributed by atoms with E-state index in [1.54, 1.807) is 4.90 Å². The molecule has 0 unspecified atom stereocenters. The number of ether oxygens (including phenoxy) is 1. The maximum atomic E-state index is 14.1. The molecule has 0 aromatic heterocycles. The Morgan fingerprint density at radius 3 is 2.47 bits per heavy atom. The van der Waals surface area contributed by atoms with Crippen LogP contribution in [-0.2, 0) is 25.7 Å². The number of carbonyl (C=O) groups is 3. The third-order valence-electron chi connectivity index (χ3n) is 9.83. The Hall–Kier alpha value is -2.71. The van der Waals surface area contributed by atoms with Gasteiger partial charge in [-0.3, -0.25) is 24.2 Å². The van der Waals surface area contributed by atoms with E-state index in [1.807, 2.05) is 4.90 Å². The van der Waals surface area contributed by atoms with Gasteiger partial charge in [0.25, 0.3) is 0 Å². The van der Waals surface area contributed by atoms with Crippen LogP contribution in [0, 0.1) is 11.6 Å². The zero-order valence-corrected chi connectivity index (χ0v) is 24.2. The Morgan fingerprint density at radius 2 is 1.70 bits per heavy atom. The van der Waals surface area contributed by atoms with Gasteiger partial charge in [-0.1, -0.05) is 25.3 Å². The van der Waals surface area contributed by atoms with Gasteiger partial charge in [0.15, 0.2) is 11.6 Å². The van der Waals surface area contributed by atoms with Crippen LogP contribution in [0.1, 0.15) is 50.5 Å². The molecule has 13 heteroatoms. The minimum Gasteiger partial charge on any atom is -0.388 e. The van der Waals surface area contributed by atoms with Crippen LogP contribution in [0.3, 0.4) is 0 Å². The number of aliphatic hydroxyl groups excluding tert-OH is 2. The van der Waals surface area contributed by atoms with Crippen molar-refractivity contribution in [1.82, 2.24) is 25.3 Å². The normalized spacial score (nSPS) is 35.2. The first-order valence-corrected chi connectivity index (χ1v) is 15.5. The molecule has 7 atom stereocenters. The molecule has 6 rings (SSSR count). The van der Waals surface area contributed by atoms with Crippen LogP contribution in [0.2, 0.25) is 0 Å². The average molecular weight is 606 g/mol. The summed E-state index contributed by atoms with van der Waals surface area (Å²) in [4.78, 5) is 46.6. The Bertz CT molecular complexity index is 1220. The van der Waals surface area contributed by atoms with Gasteiger partial charge in [-0.05, 0) is 37.0 Å². The van der Waals surface area contributed by atoms with E-state index >= 15 is 0 Å². The number of hydrogen-bond acceptors (Lipinski definition) is 8. The average Bonchev–Trinajstić information content (AvgIpc) is 3.53. The highest BCUT2D eigenvalue weighted by atomic mass is 19.2. The maximum absolute atomic E-state index is 14.1. The number of halogens is 2. The van der Waals surface area contributed by atoms with Crippen LogP contribution in [0.4, 0.5) is 8.78 Å². The van der Waals surface area contributed by atoms with E-state index in [2.05, 4.69) is 15.5 Å². The van der Waals surface area contributed by atoms with Gasteiger partial charge in [-0.25, -0.2) is 8.78 Å². The second kappa shape index (κ2) is 12.7. The monoisotopic (exact) mass is 605 g/mol. The number of hydrogen-bond donors (Lipinski definition) is 4. The quantitative estimate of drug-likeness (QED) is 0.375. The standard InChI is InChI=1S/C30H41F2N5O6/c31-20-7-6-17(10-21(20)32)14-35-8-9-36-16-23(35)29(41)33-13-25-28(40)27(39)24(43-25)12-26(38)34-18-11-22(30(36)42)37(15-18)19-4-2-1-3-5-19/h6-7,10,18-19,22-25,27-28,39-40H,1-5,8-9,11-16H2,(H,33,41)(H,34,38)/t18-,22-,23-,24-,25+,27-,28+/m0/s1. The fourth-order valence-corrected chi connectivity index (χ4v) is 7.52. The first-order valence-electron chi connectivity index (χ1n) is 15.5. The lowest BCUT2D eigenvalue weighted by molar-refractivity contribution is -0.143. The minimum absolute atomic E-state index is 0.0751. The predicted octanol–water partition coefficient (Wildman–Crippen LogP) is -0.121. The summed E-state index contributed by atoms with van der Waals surface area (Å²) in [6.07, 6.45) is 1.13. The Labute approximate surface area is 249 Å². The molecule has 3 amide bonds. The number of carbonyl (C=O) groups excluding carboxylic acids is 3. The van der Waals surface area contributed by atoms with Gasteiger partial charge in [0.2, 0.25) is 17.7 Å². The molecule has 5 fully saturated rings. The summed E-state index contributed by atoms with van der Waals surface area (Å²) < 4.78 is 33.4. The van der Waals surface area contributed by atoms with Crippen LogP contribution in [0.25, 0.3) is 0 Å². The maximum Gasteiger partial charge on any atom is 0.240 e. The van der Waals surface area contributed by atoms with Crippen molar-refractivity contribution in [3.05, 3.63) is 35.4 Å². The molecule has 0 spiro atoms. The number of amides is 3. The van der Waals surface area contributed by atoms with Crippen molar-refractivity contribution < 1.29 is 38.1 Å². The second-order valence-corrected chi connectivity index (χ2v) is 12.7. The number of rotatable bonds is 3. The Kier molecular flexibility index (Phi) is 8.97. The molecule has 4 N–H and O–H groups in total. The lowest BCUT2D eigenvalue weighted by Crippen LogP contribution is -2.62. The number of piperazine rings is 1. The number of nitrogens with one attached hydrogen (secondary N) is 2. The molecule has 6 bridgehead atoms. The van der Waals surface area contributed by atoms with Crippen molar-refractivity contribution in [1.29, 1.82) is 0 Å². The lowest BCUT2D eigenvalue weighted by Gasteiger charge is -2.43. The highest BCUT2D eigenvalue weighted by Crippen LogP contribution is 2.32. The van der Waals surface area contributed by atoms with E-state index in [0.717, 1.165) is 44.2 Å². The van der Waals surface area contributed by atoms with Crippen molar-refractivity contribution in [3.63, 3.8) is 0 Å². The zero-order valence-electron chi connectivity index (χ0n) is 24.2. The lowest BCUT2D eigenvalue weighted by atomic mass is 9.93. The predicted molar refractivity (Wildman–Crippen MR) is 149 cm³/mol. The number of fused-ring (bicyclic) bond motifs is 6. The van der Waals surface area contributed by atoms with Gasteiger partial charge in [-0.15, -0.1) is 0 Å². The first-order chi connectivity index (χ1) is 20.7. The van der Waals surface area contributed by atoms with Gasteiger partial charge in [0, 0.05) is 51.4 Å². The van der Waals surface area contributed by atoms with Crippen molar-refractivity contribution in [2.45, 2.75) is 100 Å². The highest BCUT2D eigenvalue weighted by Gasteiger charge is 2.47. The van der Waals surface area contributed by atoms with Crippen molar-refractivity contribution >= 4 is 17.7 Å². The third-order valence-corrected chi connectivity index (χ3v) is 9.83. The molecule has 4 saturated heterocycles. The summed E-state index contributed by atoms with van der Waals surface area (Å²) >= 11 is 0. The zero-order chi connectivity index (χ0) is 30.2. The Balaban J connectivity index is 1.28. The summed E-state index contributed by atoms with van der Waals surface area (Å²) in [6.45, 7) is 1.39. The van der Waals surface area contributed by atoms with Crippen LogP contribution < -0.4 is 10.6 Å². The minimum atomic E-state index is -1.30. The molecule has 1 aromatic rings. The molecule has 4 heterocycles. The van der Waals surface area contributed by atoms with Crippen LogP contribution in [0.15, 0.2) is 18.2 Å². The fraction of sp³-hybridized carbons (Fsp3) is 0.700. The Morgan fingerprint density at radius 1 is 0.930 bits per heavy atom. The summed E-state index contributed by atoms with van der Waals surface area (Å²) in [6, 6.07) is 2.38. The van der Waals surface area contributed by atoms with Gasteiger partial charge in [0.1, 0.15) is 24.4 Å². The van der Waals surface area contributed by atoms with E-state index < -0.39 is 54.0 Å². The summed E-state index contributed by atoms with van der Waals surface area (Å²) in [5.41, 5.74) is 0.497. The first kappa shape index (κ1) is 30.3. The van der Waals surface area contributed by atoms with Gasteiger partial charge < -0.3 is 30.5 Å². The van der Waals surface area contributed by atoms with Gasteiger partial charge in [-0.2, -0.15) is 0 Å². The third kappa shape index (κ3) is 6.41. The van der Waals surface area contributed by atoms with E-state index in [9.17, 15) is 33.4 Å². The molecule has 4 aliphatic heterocycles. The molecule has 43 heavy (non-hydrogen) atoms. The molecule has 1 aliphatic carbocycles. The number of aliphatic hydroxyl groups is 2. The van der Waals surface area contributed by atoms with Crippen LogP contribution in [-0.4, -0.2) is 124 Å². The van der Waals surface area contributed by atoms with E-state index in [0.29, 0.717) is 31.6 Å². The number of benzene rings is 1. The molecule has 1 saturated carbocycles. The van der Waals surface area contributed by atoms with Crippen molar-refractivity contribution in [2.24, 2.45) is 0 Å². The highest BCUT2D eigenvalue weighted by molar-refractivity contribution is 5.86. The largest absolute Gasteiger partial charge is 0.388 e. The smallest absolute Gasteiger partial charge is 0.240 e. The van der Waals surface area contributed by atoms with Gasteiger partial charge >= 0.3 is 0 Å². The van der Waals surface area contributed by atoms with E-state index in [-0.39, 0.29) is 50.0 Å². The van der Waals surface area contributed by atoms with Crippen molar-refractivity contribution in [3.8, 4) is 0 Å². The number of likely N-dealkylation sites (tertiary alicyclic amines) is 1. The molecular formula is C30H41F2N5O6. The molecule has 5 aliphatic rings. The van der Waals surface area contributed by atoms with Gasteiger partial charge in [0.05, 0.1) is 18.6 Å². The number of nitrogens with zero attached hydrogens (tertiary/aromatic N) is 3. The SMILES string of the molecule is O=C1C[C@@H]2O[C@H](CNC(=O)[C@@H]3CN(CCN3Cc3ccc(F)c(F)c3)C(=O)[C@@H]3C[C@@H](CN3C3CCCCC3)N1)[C@@H](O)[C@H]2O. The molecular weight excluding hydrogens is 564 g/mol. The van der Waals surface area contributed by atoms with Crippen LogP contribution in [0.5, 0.6) is 0 Å². The summed E-state index contributed by atoms with van der Waals surface area (Å²) in [7, 11) is 0. The fourth-order valence-electron chi connectivity index (χ4n) is 7.52. The molecule has 236 valence electrons. The van der Waals surface area contributed by atoms with Crippen molar-refractivity contribution in [2.75, 3.05) is 32.7 Å². The van der Waals surface area contributed by atoms with Crippen LogP contribution >= 0.6 is 0 Å². The second-order valence-electron chi connectivity index (χ2n) is 12.7. The topological polar surface area (TPSA) is 135 Å². The summed E-state index contributed by atoms with van der Waals surface area (Å²) in [5.74, 6) is -2.73. The van der Waals surface area contributed by atoms with E-state index in [1.165, 1.54) is 6.07 Å². The molecule has 1 aromatic carbocycles.